The number of aliphatic carboxylic acids is 1. The van der Waals surface area contributed by atoms with Crippen LogP contribution in [0.4, 0.5) is 0 Å². The molecule has 3 N–H and O–H groups in total. The molecule has 1 fully saturated rings. The molecule has 0 spiro atoms. The van der Waals surface area contributed by atoms with Gasteiger partial charge in [-0.15, -0.1) is 0 Å². The summed E-state index contributed by atoms with van der Waals surface area (Å²) in [6, 6.07) is 0. The molecule has 1 aliphatic rings. The van der Waals surface area contributed by atoms with Crippen LogP contribution in [0.1, 0.15) is 19.3 Å². The summed E-state index contributed by atoms with van der Waals surface area (Å²) in [4.78, 5) is 11.1. The third-order valence-electron chi connectivity index (χ3n) is 2.59. The number of ether oxygens (including phenoxy) is 1. The second-order valence-electron chi connectivity index (χ2n) is 3.75. The van der Waals surface area contributed by atoms with Gasteiger partial charge in [0.15, 0.2) is 15.4 Å². The minimum absolute atomic E-state index is 0.135. The highest BCUT2D eigenvalue weighted by Crippen LogP contribution is 2.29. The van der Waals surface area contributed by atoms with E-state index in [-0.39, 0.29) is 13.0 Å². The molecule has 1 saturated heterocycles. The summed E-state index contributed by atoms with van der Waals surface area (Å²) in [6.45, 7) is 0.232. The molecule has 0 amide bonds. The predicted molar refractivity (Wildman–Crippen MR) is 53.0 cm³/mol. The molecule has 88 valence electrons. The largest absolute Gasteiger partial charge is 0.479 e. The van der Waals surface area contributed by atoms with Crippen molar-refractivity contribution in [2.24, 2.45) is 5.73 Å². The highest BCUT2D eigenvalue weighted by atomic mass is 32.2. The standard InChI is InChI=1S/C8H15NO5S/c1-15(12,13)6(9)8(7(10)11)4-2-3-5-14-8/h6H,2-5,9H2,1H3,(H,10,11). The smallest absolute Gasteiger partial charge is 0.338 e. The maximum absolute atomic E-state index is 11.3. The number of carboxylic acid groups (broad SMARTS) is 1. The van der Waals surface area contributed by atoms with Crippen LogP contribution in [0.2, 0.25) is 0 Å². The fraction of sp³-hybridized carbons (Fsp3) is 0.875. The molecule has 15 heavy (non-hydrogen) atoms. The quantitative estimate of drug-likeness (QED) is 0.674. The van der Waals surface area contributed by atoms with E-state index < -0.39 is 26.8 Å². The van der Waals surface area contributed by atoms with Gasteiger partial charge in [-0.05, 0) is 19.3 Å². The maximum Gasteiger partial charge on any atom is 0.338 e. The second kappa shape index (κ2) is 4.07. The van der Waals surface area contributed by atoms with Crippen LogP contribution in [0.5, 0.6) is 0 Å². The number of hydrogen-bond acceptors (Lipinski definition) is 5. The van der Waals surface area contributed by atoms with Gasteiger partial charge in [-0.3, -0.25) is 0 Å². The van der Waals surface area contributed by atoms with E-state index in [0.29, 0.717) is 6.42 Å². The monoisotopic (exact) mass is 237 g/mol. The van der Waals surface area contributed by atoms with Crippen molar-refractivity contribution < 1.29 is 23.1 Å². The predicted octanol–water partition coefficient (Wildman–Crippen LogP) is -0.660. The van der Waals surface area contributed by atoms with Crippen molar-refractivity contribution in [2.75, 3.05) is 12.9 Å². The van der Waals surface area contributed by atoms with E-state index >= 15 is 0 Å². The van der Waals surface area contributed by atoms with E-state index in [4.69, 9.17) is 15.6 Å². The number of carboxylic acids is 1. The fourth-order valence-corrected chi connectivity index (χ4v) is 2.66. The van der Waals surface area contributed by atoms with Gasteiger partial charge in [0.25, 0.3) is 0 Å². The zero-order valence-corrected chi connectivity index (χ0v) is 9.29. The van der Waals surface area contributed by atoms with Crippen LogP contribution in [0.25, 0.3) is 0 Å². The summed E-state index contributed by atoms with van der Waals surface area (Å²) in [5.41, 5.74) is 3.70. The topological polar surface area (TPSA) is 107 Å². The van der Waals surface area contributed by atoms with Gasteiger partial charge < -0.3 is 15.6 Å². The zero-order chi connectivity index (χ0) is 11.7. The van der Waals surface area contributed by atoms with E-state index in [1.807, 2.05) is 0 Å². The Kier molecular flexibility index (Phi) is 3.37. The lowest BCUT2D eigenvalue weighted by atomic mass is 9.94. The van der Waals surface area contributed by atoms with Gasteiger partial charge in [0.1, 0.15) is 5.37 Å². The molecular formula is C8H15NO5S. The van der Waals surface area contributed by atoms with Crippen LogP contribution in [0.15, 0.2) is 0 Å². The molecule has 2 unspecified atom stereocenters. The van der Waals surface area contributed by atoms with Crippen molar-refractivity contribution in [2.45, 2.75) is 30.2 Å². The van der Waals surface area contributed by atoms with Gasteiger partial charge in [-0.1, -0.05) is 0 Å². The first kappa shape index (κ1) is 12.4. The van der Waals surface area contributed by atoms with Gasteiger partial charge in [0.05, 0.1) is 0 Å². The summed E-state index contributed by atoms with van der Waals surface area (Å²) >= 11 is 0. The molecule has 0 aromatic heterocycles. The van der Waals surface area contributed by atoms with Crippen molar-refractivity contribution >= 4 is 15.8 Å². The number of carbonyl (C=O) groups is 1. The molecule has 7 heteroatoms. The van der Waals surface area contributed by atoms with Crippen molar-refractivity contribution in [3.8, 4) is 0 Å². The summed E-state index contributed by atoms with van der Waals surface area (Å²) in [5.74, 6) is -1.31. The molecule has 0 saturated carbocycles. The zero-order valence-electron chi connectivity index (χ0n) is 8.47. The van der Waals surface area contributed by atoms with Gasteiger partial charge in [0, 0.05) is 12.9 Å². The van der Waals surface area contributed by atoms with E-state index in [1.165, 1.54) is 0 Å². The van der Waals surface area contributed by atoms with Gasteiger partial charge >= 0.3 is 5.97 Å². The maximum atomic E-state index is 11.3. The van der Waals surface area contributed by atoms with E-state index in [0.717, 1.165) is 12.7 Å². The lowest BCUT2D eigenvalue weighted by Crippen LogP contribution is -2.60. The number of hydrogen-bond donors (Lipinski definition) is 2. The average Bonchev–Trinajstić information content (AvgIpc) is 2.16. The number of rotatable bonds is 3. The van der Waals surface area contributed by atoms with Crippen molar-refractivity contribution in [1.29, 1.82) is 0 Å². The molecule has 1 aliphatic heterocycles. The molecule has 1 heterocycles. The third-order valence-corrected chi connectivity index (χ3v) is 3.89. The average molecular weight is 237 g/mol. The second-order valence-corrected chi connectivity index (χ2v) is 5.92. The van der Waals surface area contributed by atoms with Gasteiger partial charge in [-0.2, -0.15) is 0 Å². The van der Waals surface area contributed by atoms with Crippen molar-refractivity contribution in [3.63, 3.8) is 0 Å². The van der Waals surface area contributed by atoms with Gasteiger partial charge in [0.2, 0.25) is 0 Å². The minimum Gasteiger partial charge on any atom is -0.479 e. The van der Waals surface area contributed by atoms with Crippen LogP contribution in [-0.2, 0) is 19.4 Å². The highest BCUT2D eigenvalue weighted by Gasteiger charge is 2.51. The van der Waals surface area contributed by atoms with E-state index in [1.54, 1.807) is 0 Å². The molecule has 0 aliphatic carbocycles. The lowest BCUT2D eigenvalue weighted by Gasteiger charge is -2.36. The van der Waals surface area contributed by atoms with Gasteiger partial charge in [-0.25, -0.2) is 13.2 Å². The highest BCUT2D eigenvalue weighted by molar-refractivity contribution is 7.91. The fourth-order valence-electron chi connectivity index (χ4n) is 1.68. The molecule has 0 aromatic carbocycles. The van der Waals surface area contributed by atoms with Crippen molar-refractivity contribution in [3.05, 3.63) is 0 Å². The first-order valence-electron chi connectivity index (χ1n) is 4.62. The first-order chi connectivity index (χ1) is 6.81. The molecule has 2 atom stereocenters. The van der Waals surface area contributed by atoms with E-state index in [2.05, 4.69) is 0 Å². The molecule has 0 bridgehead atoms. The Morgan fingerprint density at radius 1 is 1.53 bits per heavy atom. The summed E-state index contributed by atoms with van der Waals surface area (Å²) in [7, 11) is -3.63. The van der Waals surface area contributed by atoms with E-state index in [9.17, 15) is 13.2 Å². The number of nitrogens with two attached hydrogens (primary N) is 1. The van der Waals surface area contributed by atoms with Crippen LogP contribution < -0.4 is 5.73 Å². The molecule has 0 aromatic rings. The lowest BCUT2D eigenvalue weighted by molar-refractivity contribution is -0.172. The van der Waals surface area contributed by atoms with Crippen LogP contribution in [0, 0.1) is 0 Å². The van der Waals surface area contributed by atoms with Crippen LogP contribution >= 0.6 is 0 Å². The Morgan fingerprint density at radius 2 is 2.13 bits per heavy atom. The Hall–Kier alpha value is -0.660. The summed E-state index contributed by atoms with van der Waals surface area (Å²) in [6.07, 6.45) is 2.39. The molecule has 0 radical (unpaired) electrons. The van der Waals surface area contributed by atoms with Crippen molar-refractivity contribution in [1.82, 2.24) is 0 Å². The Bertz CT molecular complexity index is 344. The summed E-state index contributed by atoms with van der Waals surface area (Å²) in [5, 5.41) is 7.54. The van der Waals surface area contributed by atoms with Crippen LogP contribution in [0.3, 0.4) is 0 Å². The Morgan fingerprint density at radius 3 is 2.47 bits per heavy atom. The molecule has 6 nitrogen and oxygen atoms in total. The minimum atomic E-state index is -3.63. The Labute approximate surface area is 88.3 Å². The third kappa shape index (κ3) is 2.30. The SMILES string of the molecule is CS(=O)(=O)C(N)C1(C(=O)O)CCCCO1. The molecule has 1 rings (SSSR count). The normalized spacial score (nSPS) is 29.7. The first-order valence-corrected chi connectivity index (χ1v) is 6.58. The summed E-state index contributed by atoms with van der Waals surface area (Å²) < 4.78 is 27.7. The number of sulfone groups is 1. The molecular weight excluding hydrogens is 222 g/mol. The van der Waals surface area contributed by atoms with Crippen LogP contribution in [-0.4, -0.2) is 43.3 Å². The Balaban J connectivity index is 3.06.